The molecule has 0 bridgehead atoms. The summed E-state index contributed by atoms with van der Waals surface area (Å²) in [5.41, 5.74) is 4.52. The van der Waals surface area contributed by atoms with Gasteiger partial charge in [0.15, 0.2) is 0 Å². The second-order valence-corrected chi connectivity index (χ2v) is 5.71. The summed E-state index contributed by atoms with van der Waals surface area (Å²) in [5, 5.41) is 0. The molecule has 0 unspecified atom stereocenters. The van der Waals surface area contributed by atoms with Crippen molar-refractivity contribution in [2.75, 3.05) is 0 Å². The maximum Gasteiger partial charge on any atom is 0.254 e. The van der Waals surface area contributed by atoms with Crippen LogP contribution >= 0.6 is 0 Å². The Labute approximate surface area is 120 Å². The fraction of sp³-hybridized carbons (Fsp3) is 0.278. The first-order valence-electron chi connectivity index (χ1n) is 7.11. The third-order valence-corrected chi connectivity index (χ3v) is 3.92. The lowest BCUT2D eigenvalue weighted by atomic mass is 10.0. The molecule has 0 radical (unpaired) electrons. The summed E-state index contributed by atoms with van der Waals surface area (Å²) in [5.74, 6) is 0.690. The normalized spacial score (nSPS) is 13.9. The highest BCUT2D eigenvalue weighted by atomic mass is 16.2. The number of carbonyl (C=O) groups is 1. The molecule has 1 amide bonds. The molecule has 3 rings (SSSR count). The Balaban J connectivity index is 1.75. The van der Waals surface area contributed by atoms with Gasteiger partial charge >= 0.3 is 0 Å². The van der Waals surface area contributed by atoms with Crippen molar-refractivity contribution in [2.45, 2.75) is 32.9 Å². The zero-order valence-electron chi connectivity index (χ0n) is 12.0. The van der Waals surface area contributed by atoms with Gasteiger partial charge in [0, 0.05) is 18.7 Å². The summed E-state index contributed by atoms with van der Waals surface area (Å²) in [4.78, 5) is 14.2. The fourth-order valence-electron chi connectivity index (χ4n) is 2.67. The van der Waals surface area contributed by atoms with E-state index in [2.05, 4.69) is 38.1 Å². The molecule has 0 spiro atoms. The molecule has 0 saturated carbocycles. The zero-order chi connectivity index (χ0) is 14.1. The number of amides is 1. The largest absolute Gasteiger partial charge is 0.330 e. The highest BCUT2D eigenvalue weighted by Crippen LogP contribution is 2.24. The maximum atomic E-state index is 12.3. The number of benzene rings is 2. The summed E-state index contributed by atoms with van der Waals surface area (Å²) in [6.07, 6.45) is 0. The molecule has 1 aliphatic rings. The van der Waals surface area contributed by atoms with Gasteiger partial charge in [0.05, 0.1) is 0 Å². The third-order valence-electron chi connectivity index (χ3n) is 3.92. The molecule has 0 atom stereocenters. The highest BCUT2D eigenvalue weighted by molar-refractivity contribution is 5.98. The van der Waals surface area contributed by atoms with Gasteiger partial charge in [-0.3, -0.25) is 4.79 Å². The zero-order valence-corrected chi connectivity index (χ0v) is 12.0. The van der Waals surface area contributed by atoms with E-state index in [0.717, 1.165) is 17.7 Å². The van der Waals surface area contributed by atoms with Crippen molar-refractivity contribution >= 4 is 5.91 Å². The fourth-order valence-corrected chi connectivity index (χ4v) is 2.67. The first kappa shape index (κ1) is 12.9. The van der Waals surface area contributed by atoms with E-state index in [1.165, 1.54) is 11.1 Å². The topological polar surface area (TPSA) is 20.3 Å². The van der Waals surface area contributed by atoms with Gasteiger partial charge in [-0.15, -0.1) is 0 Å². The van der Waals surface area contributed by atoms with Gasteiger partial charge < -0.3 is 4.90 Å². The average molecular weight is 265 g/mol. The Kier molecular flexibility index (Phi) is 3.31. The highest BCUT2D eigenvalue weighted by Gasteiger charge is 2.26. The van der Waals surface area contributed by atoms with E-state index >= 15 is 0 Å². The van der Waals surface area contributed by atoms with E-state index < -0.39 is 0 Å². The van der Waals surface area contributed by atoms with Gasteiger partial charge in [0.2, 0.25) is 0 Å². The number of carbonyl (C=O) groups excluding carboxylic acids is 1. The molecular weight excluding hydrogens is 246 g/mol. The molecular formula is C18H19NO. The summed E-state index contributed by atoms with van der Waals surface area (Å²) in [6, 6.07) is 16.5. The van der Waals surface area contributed by atoms with Gasteiger partial charge in [0.1, 0.15) is 0 Å². The Hall–Kier alpha value is -2.09. The predicted molar refractivity (Wildman–Crippen MR) is 80.6 cm³/mol. The van der Waals surface area contributed by atoms with Crippen LogP contribution in [0.4, 0.5) is 0 Å². The van der Waals surface area contributed by atoms with Crippen LogP contribution < -0.4 is 0 Å². The minimum absolute atomic E-state index is 0.147. The number of fused-ring (bicyclic) bond motifs is 1. The molecule has 0 aliphatic carbocycles. The number of rotatable bonds is 3. The van der Waals surface area contributed by atoms with Crippen molar-refractivity contribution in [2.24, 2.45) is 0 Å². The van der Waals surface area contributed by atoms with Crippen LogP contribution in [0.25, 0.3) is 0 Å². The molecule has 0 N–H and O–H groups in total. The predicted octanol–water partition coefficient (Wildman–Crippen LogP) is 3.97. The lowest BCUT2D eigenvalue weighted by Gasteiger charge is -2.16. The van der Waals surface area contributed by atoms with E-state index in [9.17, 15) is 4.79 Å². The van der Waals surface area contributed by atoms with E-state index in [4.69, 9.17) is 0 Å². The van der Waals surface area contributed by atoms with Gasteiger partial charge in [-0.25, -0.2) is 0 Å². The molecule has 2 aromatic carbocycles. The quantitative estimate of drug-likeness (QED) is 0.822. The van der Waals surface area contributed by atoms with Gasteiger partial charge in [-0.1, -0.05) is 56.3 Å². The van der Waals surface area contributed by atoms with Gasteiger partial charge in [-0.2, -0.15) is 0 Å². The van der Waals surface area contributed by atoms with E-state index in [1.807, 2.05) is 29.2 Å². The van der Waals surface area contributed by atoms with Crippen LogP contribution in [0.1, 0.15) is 46.8 Å². The summed E-state index contributed by atoms with van der Waals surface area (Å²) >= 11 is 0. The smallest absolute Gasteiger partial charge is 0.254 e. The molecule has 102 valence electrons. The summed E-state index contributed by atoms with van der Waals surface area (Å²) in [7, 11) is 0. The molecule has 0 saturated heterocycles. The van der Waals surface area contributed by atoms with E-state index in [1.54, 1.807) is 0 Å². The van der Waals surface area contributed by atoms with Crippen LogP contribution in [0.2, 0.25) is 0 Å². The van der Waals surface area contributed by atoms with E-state index in [0.29, 0.717) is 12.5 Å². The Morgan fingerprint density at radius 1 is 1.05 bits per heavy atom. The van der Waals surface area contributed by atoms with Crippen molar-refractivity contribution in [1.29, 1.82) is 0 Å². The van der Waals surface area contributed by atoms with Crippen molar-refractivity contribution in [1.82, 2.24) is 4.90 Å². The minimum Gasteiger partial charge on any atom is -0.330 e. The maximum absolute atomic E-state index is 12.3. The van der Waals surface area contributed by atoms with Crippen molar-refractivity contribution in [3.63, 3.8) is 0 Å². The number of hydrogen-bond donors (Lipinski definition) is 0. The lowest BCUT2D eigenvalue weighted by Crippen LogP contribution is -2.23. The lowest BCUT2D eigenvalue weighted by molar-refractivity contribution is 0.0766. The Morgan fingerprint density at radius 3 is 2.40 bits per heavy atom. The molecule has 2 heteroatoms. The molecule has 20 heavy (non-hydrogen) atoms. The first-order valence-corrected chi connectivity index (χ1v) is 7.11. The SMILES string of the molecule is CC(C)c1ccc(CN2Cc3ccccc3C2=O)cc1. The molecule has 2 nitrogen and oxygen atoms in total. The third kappa shape index (κ3) is 2.34. The summed E-state index contributed by atoms with van der Waals surface area (Å²) in [6.45, 7) is 5.79. The second-order valence-electron chi connectivity index (χ2n) is 5.71. The van der Waals surface area contributed by atoms with Crippen LogP contribution in [0, 0.1) is 0 Å². The molecule has 1 aliphatic heterocycles. The van der Waals surface area contributed by atoms with Crippen LogP contribution in [0.15, 0.2) is 48.5 Å². The summed E-state index contributed by atoms with van der Waals surface area (Å²) < 4.78 is 0. The monoisotopic (exact) mass is 265 g/mol. The molecule has 1 heterocycles. The van der Waals surface area contributed by atoms with Crippen LogP contribution in [-0.2, 0) is 13.1 Å². The Bertz CT molecular complexity index is 628. The van der Waals surface area contributed by atoms with Crippen LogP contribution in [0.3, 0.4) is 0 Å². The van der Waals surface area contributed by atoms with Gasteiger partial charge in [-0.05, 0) is 28.7 Å². The van der Waals surface area contributed by atoms with Crippen LogP contribution in [-0.4, -0.2) is 10.8 Å². The number of nitrogens with zero attached hydrogens (tertiary/aromatic N) is 1. The Morgan fingerprint density at radius 2 is 1.75 bits per heavy atom. The van der Waals surface area contributed by atoms with Crippen molar-refractivity contribution in [3.8, 4) is 0 Å². The van der Waals surface area contributed by atoms with Crippen molar-refractivity contribution in [3.05, 3.63) is 70.8 Å². The number of hydrogen-bond acceptors (Lipinski definition) is 1. The molecule has 0 aromatic heterocycles. The van der Waals surface area contributed by atoms with E-state index in [-0.39, 0.29) is 5.91 Å². The molecule has 0 fully saturated rings. The second kappa shape index (κ2) is 5.12. The minimum atomic E-state index is 0.147. The average Bonchev–Trinajstić information content (AvgIpc) is 2.77. The molecule has 2 aromatic rings. The van der Waals surface area contributed by atoms with Crippen LogP contribution in [0.5, 0.6) is 0 Å². The van der Waals surface area contributed by atoms with Gasteiger partial charge in [0.25, 0.3) is 5.91 Å². The first-order chi connectivity index (χ1) is 9.65. The van der Waals surface area contributed by atoms with Crippen molar-refractivity contribution < 1.29 is 4.79 Å². The standard InChI is InChI=1S/C18H19NO/c1-13(2)15-9-7-14(8-10-15)11-19-12-16-5-3-4-6-17(16)18(19)20/h3-10,13H,11-12H2,1-2H3.